The molecule has 0 radical (unpaired) electrons. The van der Waals surface area contributed by atoms with Gasteiger partial charge in [-0.2, -0.15) is 0 Å². The van der Waals surface area contributed by atoms with Gasteiger partial charge >= 0.3 is 5.97 Å². The number of halogens is 1. The average Bonchev–Trinajstić information content (AvgIpc) is 2.37. The van der Waals surface area contributed by atoms with Crippen molar-refractivity contribution in [2.45, 2.75) is 19.1 Å². The minimum atomic E-state index is -1.38. The number of carboxylic acid groups (broad SMARTS) is 1. The standard InChI is InChI=1S/C12H14FNO5/c1-7(11(16)14-10(6-15)12(17)18)19-9-4-2-8(13)3-5-9/h2-5,7,10,15H,6H2,1H3,(H,14,16)(H,17,18)/t7?,10-/m0/s1. The van der Waals surface area contributed by atoms with Crippen molar-refractivity contribution in [3.8, 4) is 5.75 Å². The lowest BCUT2D eigenvalue weighted by Crippen LogP contribution is -2.48. The summed E-state index contributed by atoms with van der Waals surface area (Å²) in [4.78, 5) is 22.2. The van der Waals surface area contributed by atoms with Crippen molar-refractivity contribution < 1.29 is 28.9 Å². The molecule has 0 saturated heterocycles. The molecule has 0 spiro atoms. The number of hydrogen-bond donors (Lipinski definition) is 3. The van der Waals surface area contributed by atoms with Crippen LogP contribution in [0.5, 0.6) is 5.75 Å². The molecule has 0 fully saturated rings. The van der Waals surface area contributed by atoms with E-state index in [1.807, 2.05) is 0 Å². The summed E-state index contributed by atoms with van der Waals surface area (Å²) >= 11 is 0. The Morgan fingerprint density at radius 3 is 2.42 bits per heavy atom. The van der Waals surface area contributed by atoms with Crippen LogP contribution < -0.4 is 10.1 Å². The molecule has 0 aliphatic carbocycles. The van der Waals surface area contributed by atoms with Crippen molar-refractivity contribution in [3.63, 3.8) is 0 Å². The first-order valence-corrected chi connectivity index (χ1v) is 5.50. The summed E-state index contributed by atoms with van der Waals surface area (Å²) < 4.78 is 17.9. The lowest BCUT2D eigenvalue weighted by atomic mass is 10.2. The number of rotatable bonds is 6. The second-order valence-corrected chi connectivity index (χ2v) is 3.80. The summed E-state index contributed by atoms with van der Waals surface area (Å²) in [6, 6.07) is 3.66. The van der Waals surface area contributed by atoms with Crippen molar-refractivity contribution in [1.82, 2.24) is 5.32 Å². The van der Waals surface area contributed by atoms with E-state index in [1.165, 1.54) is 31.2 Å². The van der Waals surface area contributed by atoms with Crippen molar-refractivity contribution in [2.75, 3.05) is 6.61 Å². The van der Waals surface area contributed by atoms with Crippen molar-refractivity contribution in [3.05, 3.63) is 30.1 Å². The number of ether oxygens (including phenoxy) is 1. The summed E-state index contributed by atoms with van der Waals surface area (Å²) in [5.74, 6) is -2.19. The van der Waals surface area contributed by atoms with Crippen LogP contribution in [-0.4, -0.2) is 40.8 Å². The van der Waals surface area contributed by atoms with E-state index in [4.69, 9.17) is 14.9 Å². The molecule has 0 heterocycles. The number of carbonyl (C=O) groups excluding carboxylic acids is 1. The Morgan fingerprint density at radius 1 is 1.37 bits per heavy atom. The molecule has 6 nitrogen and oxygen atoms in total. The minimum absolute atomic E-state index is 0.278. The topological polar surface area (TPSA) is 95.9 Å². The van der Waals surface area contributed by atoms with Gasteiger partial charge in [-0.25, -0.2) is 9.18 Å². The Labute approximate surface area is 108 Å². The van der Waals surface area contributed by atoms with E-state index in [2.05, 4.69) is 5.32 Å². The van der Waals surface area contributed by atoms with Gasteiger partial charge in [0, 0.05) is 0 Å². The van der Waals surface area contributed by atoms with Gasteiger partial charge in [-0.05, 0) is 31.2 Å². The molecule has 7 heteroatoms. The molecule has 0 aliphatic rings. The Bertz CT molecular complexity index is 448. The lowest BCUT2D eigenvalue weighted by molar-refractivity contribution is -0.144. The zero-order chi connectivity index (χ0) is 14.4. The van der Waals surface area contributed by atoms with Gasteiger partial charge in [0.2, 0.25) is 0 Å². The fourth-order valence-corrected chi connectivity index (χ4v) is 1.25. The molecule has 2 atom stereocenters. The fourth-order valence-electron chi connectivity index (χ4n) is 1.25. The van der Waals surface area contributed by atoms with E-state index in [0.29, 0.717) is 0 Å². The predicted molar refractivity (Wildman–Crippen MR) is 63.1 cm³/mol. The number of amides is 1. The molecule has 1 unspecified atom stereocenters. The summed E-state index contributed by atoms with van der Waals surface area (Å²) in [5.41, 5.74) is 0. The molecular weight excluding hydrogens is 257 g/mol. The van der Waals surface area contributed by atoms with Gasteiger partial charge in [0.1, 0.15) is 17.6 Å². The molecule has 3 N–H and O–H groups in total. The first-order valence-electron chi connectivity index (χ1n) is 5.50. The van der Waals surface area contributed by atoms with Crippen LogP contribution in [0.15, 0.2) is 24.3 Å². The first-order chi connectivity index (χ1) is 8.93. The smallest absolute Gasteiger partial charge is 0.328 e. The van der Waals surface area contributed by atoms with Gasteiger partial charge in [0.15, 0.2) is 6.10 Å². The molecule has 0 aliphatic heterocycles. The Kier molecular flexibility index (Phi) is 5.25. The summed E-state index contributed by atoms with van der Waals surface area (Å²) in [5, 5.41) is 19.5. The van der Waals surface area contributed by atoms with Crippen LogP contribution >= 0.6 is 0 Å². The first kappa shape index (κ1) is 14.9. The normalized spacial score (nSPS) is 13.4. The monoisotopic (exact) mass is 271 g/mol. The highest BCUT2D eigenvalue weighted by molar-refractivity contribution is 5.86. The second kappa shape index (κ2) is 6.69. The quantitative estimate of drug-likeness (QED) is 0.684. The van der Waals surface area contributed by atoms with Gasteiger partial charge in [-0.15, -0.1) is 0 Å². The minimum Gasteiger partial charge on any atom is -0.481 e. The molecule has 1 amide bonds. The average molecular weight is 271 g/mol. The maximum Gasteiger partial charge on any atom is 0.328 e. The largest absolute Gasteiger partial charge is 0.481 e. The van der Waals surface area contributed by atoms with Gasteiger partial charge in [-0.1, -0.05) is 0 Å². The van der Waals surface area contributed by atoms with Crippen LogP contribution in [0.4, 0.5) is 4.39 Å². The summed E-state index contributed by atoms with van der Waals surface area (Å²) in [6.07, 6.45) is -0.973. The lowest BCUT2D eigenvalue weighted by Gasteiger charge is -2.17. The highest BCUT2D eigenvalue weighted by Gasteiger charge is 2.23. The van der Waals surface area contributed by atoms with E-state index in [1.54, 1.807) is 0 Å². The third-order valence-corrected chi connectivity index (χ3v) is 2.29. The predicted octanol–water partition coefficient (Wildman–Crippen LogP) is 0.155. The van der Waals surface area contributed by atoms with Crippen LogP contribution in [0.3, 0.4) is 0 Å². The van der Waals surface area contributed by atoms with Crippen LogP contribution in [0.2, 0.25) is 0 Å². The highest BCUT2D eigenvalue weighted by atomic mass is 19.1. The third kappa shape index (κ3) is 4.55. The van der Waals surface area contributed by atoms with Crippen LogP contribution in [0, 0.1) is 5.82 Å². The number of carbonyl (C=O) groups is 2. The van der Waals surface area contributed by atoms with Crippen molar-refractivity contribution >= 4 is 11.9 Å². The van der Waals surface area contributed by atoms with Crippen LogP contribution in [0.25, 0.3) is 0 Å². The Hall–Kier alpha value is -2.15. The molecule has 0 bridgehead atoms. The molecule has 1 aromatic carbocycles. The van der Waals surface area contributed by atoms with Crippen molar-refractivity contribution in [1.29, 1.82) is 0 Å². The van der Waals surface area contributed by atoms with E-state index >= 15 is 0 Å². The number of benzene rings is 1. The molecule has 104 valence electrons. The van der Waals surface area contributed by atoms with E-state index in [0.717, 1.165) is 0 Å². The Balaban J connectivity index is 2.57. The molecule has 0 saturated carbocycles. The van der Waals surface area contributed by atoms with Crippen LogP contribution in [0.1, 0.15) is 6.92 Å². The zero-order valence-electron chi connectivity index (χ0n) is 10.2. The molecule has 0 aromatic heterocycles. The molecule has 19 heavy (non-hydrogen) atoms. The number of aliphatic carboxylic acids is 1. The van der Waals surface area contributed by atoms with Gasteiger partial charge in [0.05, 0.1) is 6.61 Å². The second-order valence-electron chi connectivity index (χ2n) is 3.80. The molecule has 1 aromatic rings. The van der Waals surface area contributed by atoms with Gasteiger partial charge in [-0.3, -0.25) is 4.79 Å². The fraction of sp³-hybridized carbons (Fsp3) is 0.333. The number of nitrogens with one attached hydrogen (secondary N) is 1. The number of aliphatic hydroxyl groups is 1. The SMILES string of the molecule is CC(Oc1ccc(F)cc1)C(=O)N[C@@H](CO)C(=O)O. The van der Waals surface area contributed by atoms with Gasteiger partial charge < -0.3 is 20.3 Å². The maximum absolute atomic E-state index is 12.7. The highest BCUT2D eigenvalue weighted by Crippen LogP contribution is 2.13. The molecular formula is C12H14FNO5. The number of carboxylic acids is 1. The number of hydrogen-bond acceptors (Lipinski definition) is 4. The van der Waals surface area contributed by atoms with E-state index in [-0.39, 0.29) is 5.75 Å². The summed E-state index contributed by atoms with van der Waals surface area (Å²) in [6.45, 7) is 0.694. The van der Waals surface area contributed by atoms with E-state index in [9.17, 15) is 14.0 Å². The number of aliphatic hydroxyl groups excluding tert-OH is 1. The molecule has 1 rings (SSSR count). The maximum atomic E-state index is 12.7. The third-order valence-electron chi connectivity index (χ3n) is 2.29. The van der Waals surface area contributed by atoms with E-state index < -0.39 is 36.4 Å². The summed E-state index contributed by atoms with van der Waals surface area (Å²) in [7, 11) is 0. The van der Waals surface area contributed by atoms with Crippen molar-refractivity contribution in [2.24, 2.45) is 0 Å². The Morgan fingerprint density at radius 2 is 1.95 bits per heavy atom. The van der Waals surface area contributed by atoms with Crippen LogP contribution in [-0.2, 0) is 9.59 Å². The zero-order valence-corrected chi connectivity index (χ0v) is 10.2. The van der Waals surface area contributed by atoms with Gasteiger partial charge in [0.25, 0.3) is 5.91 Å².